The molecule has 0 radical (unpaired) electrons. The Kier molecular flexibility index (Phi) is 9.86. The number of rotatable bonds is 12. The van der Waals surface area contributed by atoms with Gasteiger partial charge in [-0.15, -0.1) is 0 Å². The summed E-state index contributed by atoms with van der Waals surface area (Å²) in [4.78, 5) is 70.8. The Morgan fingerprint density at radius 3 is 2.03 bits per heavy atom. The highest BCUT2D eigenvalue weighted by Crippen LogP contribution is 2.09. The van der Waals surface area contributed by atoms with Gasteiger partial charge in [0.1, 0.15) is 18.1 Å². The minimum atomic E-state index is -1.69. The van der Waals surface area contributed by atoms with Crippen LogP contribution in [0, 0.1) is 5.92 Å². The lowest BCUT2D eigenvalue weighted by atomic mass is 10.0. The summed E-state index contributed by atoms with van der Waals surface area (Å²) in [5.74, 6) is -6.67. The molecule has 0 saturated carbocycles. The molecule has 8 N–H and O–H groups in total. The Labute approximate surface area is 178 Å². The third-order valence-electron chi connectivity index (χ3n) is 4.66. The third kappa shape index (κ3) is 8.58. The molecule has 4 unspecified atom stereocenters. The Morgan fingerprint density at radius 1 is 0.968 bits per heavy atom. The fourth-order valence-electron chi connectivity index (χ4n) is 3.02. The summed E-state index contributed by atoms with van der Waals surface area (Å²) in [5, 5.41) is 28.0. The zero-order valence-corrected chi connectivity index (χ0v) is 17.3. The fourth-order valence-corrected chi connectivity index (χ4v) is 3.02. The van der Waals surface area contributed by atoms with Gasteiger partial charge >= 0.3 is 11.9 Å². The van der Waals surface area contributed by atoms with Gasteiger partial charge in [-0.05, 0) is 25.3 Å². The molecule has 0 aliphatic carbocycles. The summed E-state index contributed by atoms with van der Waals surface area (Å²) >= 11 is 0. The van der Waals surface area contributed by atoms with Crippen LogP contribution in [0.25, 0.3) is 0 Å². The number of carboxylic acid groups (broad SMARTS) is 2. The van der Waals surface area contributed by atoms with Crippen LogP contribution in [0.4, 0.5) is 0 Å². The topological polar surface area (TPSA) is 217 Å². The summed E-state index contributed by atoms with van der Waals surface area (Å²) in [7, 11) is 0. The van der Waals surface area contributed by atoms with Crippen molar-refractivity contribution in [3.63, 3.8) is 0 Å². The highest BCUT2D eigenvalue weighted by Gasteiger charge is 2.33. The van der Waals surface area contributed by atoms with E-state index in [2.05, 4.69) is 16.0 Å². The second-order valence-electron chi connectivity index (χ2n) is 7.61. The van der Waals surface area contributed by atoms with Gasteiger partial charge in [-0.3, -0.25) is 24.0 Å². The second-order valence-corrected chi connectivity index (χ2v) is 7.61. The molecule has 1 saturated heterocycles. The van der Waals surface area contributed by atoms with Crippen molar-refractivity contribution in [3.8, 4) is 0 Å². The number of carbonyl (C=O) groups is 6. The summed E-state index contributed by atoms with van der Waals surface area (Å²) < 4.78 is 0. The highest BCUT2D eigenvalue weighted by molar-refractivity contribution is 5.96. The van der Waals surface area contributed by atoms with Gasteiger partial charge in [-0.25, -0.2) is 4.79 Å². The van der Waals surface area contributed by atoms with Gasteiger partial charge in [0.25, 0.3) is 0 Å². The van der Waals surface area contributed by atoms with Crippen LogP contribution in [0.2, 0.25) is 0 Å². The van der Waals surface area contributed by atoms with Crippen LogP contribution in [0.1, 0.15) is 39.5 Å². The van der Waals surface area contributed by atoms with Crippen molar-refractivity contribution in [2.75, 3.05) is 6.54 Å². The monoisotopic (exact) mass is 443 g/mol. The number of nitrogens with one attached hydrogen (secondary N) is 4. The van der Waals surface area contributed by atoms with Crippen LogP contribution < -0.4 is 27.0 Å². The van der Waals surface area contributed by atoms with E-state index < -0.39 is 72.6 Å². The average Bonchev–Trinajstić information content (AvgIpc) is 3.18. The molecule has 1 aliphatic heterocycles. The van der Waals surface area contributed by atoms with Gasteiger partial charge in [0, 0.05) is 0 Å². The van der Waals surface area contributed by atoms with E-state index in [0.717, 1.165) is 6.42 Å². The minimum Gasteiger partial charge on any atom is -0.481 e. The van der Waals surface area contributed by atoms with E-state index in [9.17, 15) is 28.8 Å². The third-order valence-corrected chi connectivity index (χ3v) is 4.66. The van der Waals surface area contributed by atoms with Crippen molar-refractivity contribution in [1.82, 2.24) is 21.3 Å². The second kappa shape index (κ2) is 11.8. The number of aliphatic carboxylic acids is 2. The van der Waals surface area contributed by atoms with E-state index in [-0.39, 0.29) is 5.92 Å². The molecule has 1 rings (SSSR count). The number of amides is 4. The molecule has 1 heterocycles. The molecular formula is C18H29N5O8. The van der Waals surface area contributed by atoms with Gasteiger partial charge in [0.15, 0.2) is 0 Å². The van der Waals surface area contributed by atoms with E-state index >= 15 is 0 Å². The van der Waals surface area contributed by atoms with Crippen molar-refractivity contribution in [2.24, 2.45) is 11.7 Å². The van der Waals surface area contributed by atoms with Crippen molar-refractivity contribution < 1.29 is 39.0 Å². The zero-order valence-electron chi connectivity index (χ0n) is 17.3. The van der Waals surface area contributed by atoms with E-state index in [0.29, 0.717) is 13.0 Å². The molecule has 0 aromatic carbocycles. The molecule has 0 spiro atoms. The normalized spacial score (nSPS) is 18.5. The van der Waals surface area contributed by atoms with Gasteiger partial charge in [0.2, 0.25) is 23.6 Å². The summed E-state index contributed by atoms with van der Waals surface area (Å²) in [6.45, 7) is 3.99. The molecule has 31 heavy (non-hydrogen) atoms. The molecule has 4 atom stereocenters. The Morgan fingerprint density at radius 2 is 1.58 bits per heavy atom. The van der Waals surface area contributed by atoms with Crippen LogP contribution in [0.3, 0.4) is 0 Å². The number of carbonyl (C=O) groups excluding carboxylic acids is 4. The molecule has 0 aromatic heterocycles. The molecule has 13 heteroatoms. The molecule has 174 valence electrons. The lowest BCUT2D eigenvalue weighted by Crippen LogP contribution is -2.58. The van der Waals surface area contributed by atoms with E-state index in [1.807, 2.05) is 5.32 Å². The molecular weight excluding hydrogens is 414 g/mol. The number of hydrogen-bond acceptors (Lipinski definition) is 7. The van der Waals surface area contributed by atoms with Crippen molar-refractivity contribution in [3.05, 3.63) is 0 Å². The number of carboxylic acids is 2. The maximum Gasteiger partial charge on any atom is 0.326 e. The predicted octanol–water partition coefficient (Wildman–Crippen LogP) is -2.72. The van der Waals surface area contributed by atoms with Crippen molar-refractivity contribution >= 4 is 35.6 Å². The van der Waals surface area contributed by atoms with Gasteiger partial charge < -0.3 is 37.2 Å². The molecule has 0 bridgehead atoms. The van der Waals surface area contributed by atoms with Gasteiger partial charge in [-0.1, -0.05) is 13.8 Å². The largest absolute Gasteiger partial charge is 0.481 e. The van der Waals surface area contributed by atoms with Crippen molar-refractivity contribution in [2.45, 2.75) is 63.7 Å². The lowest BCUT2D eigenvalue weighted by Gasteiger charge is -2.26. The molecule has 13 nitrogen and oxygen atoms in total. The van der Waals surface area contributed by atoms with E-state index in [4.69, 9.17) is 15.9 Å². The fraction of sp³-hybridized carbons (Fsp3) is 0.667. The summed E-state index contributed by atoms with van der Waals surface area (Å²) in [6.07, 6.45) is -0.135. The molecule has 1 aliphatic rings. The van der Waals surface area contributed by atoms with Crippen molar-refractivity contribution in [1.29, 1.82) is 0 Å². The first kappa shape index (κ1) is 25.8. The first-order chi connectivity index (χ1) is 14.4. The van der Waals surface area contributed by atoms with Crippen LogP contribution in [-0.2, 0) is 28.8 Å². The van der Waals surface area contributed by atoms with E-state index in [1.54, 1.807) is 13.8 Å². The number of hydrogen-bond donors (Lipinski definition) is 7. The minimum absolute atomic E-state index is 0.388. The number of nitrogens with two attached hydrogens (primary N) is 1. The first-order valence-electron chi connectivity index (χ1n) is 9.79. The smallest absolute Gasteiger partial charge is 0.326 e. The van der Waals surface area contributed by atoms with Gasteiger partial charge in [-0.2, -0.15) is 0 Å². The molecule has 4 amide bonds. The zero-order chi connectivity index (χ0) is 23.7. The van der Waals surface area contributed by atoms with Crippen LogP contribution in [0.5, 0.6) is 0 Å². The maximum absolute atomic E-state index is 12.7. The standard InChI is InChI=1S/C18H29N5O8/c1-8(2)14(23-15(27)9-4-3-5-20-9)17(29)21-10(7-13(25)26)16(28)22-11(18(30)31)6-12(19)24/h8-11,14,20H,3-7H2,1-2H3,(H2,19,24)(H,21,29)(H,22,28)(H,23,27)(H,25,26)(H,30,31). The Balaban J connectivity index is 2.90. The lowest BCUT2D eigenvalue weighted by molar-refractivity contribution is -0.145. The highest BCUT2D eigenvalue weighted by atomic mass is 16.4. The SMILES string of the molecule is CC(C)C(NC(=O)C1CCCN1)C(=O)NC(CC(=O)O)C(=O)NC(CC(N)=O)C(=O)O. The maximum atomic E-state index is 12.7. The van der Waals surface area contributed by atoms with Crippen LogP contribution in [-0.4, -0.2) is 76.5 Å². The van der Waals surface area contributed by atoms with Gasteiger partial charge in [0.05, 0.1) is 18.9 Å². The van der Waals surface area contributed by atoms with E-state index in [1.165, 1.54) is 0 Å². The Bertz CT molecular complexity index is 720. The quantitative estimate of drug-likeness (QED) is 0.166. The average molecular weight is 443 g/mol. The van der Waals surface area contributed by atoms with Crippen LogP contribution in [0.15, 0.2) is 0 Å². The first-order valence-corrected chi connectivity index (χ1v) is 9.79. The number of primary amides is 1. The summed E-state index contributed by atoms with van der Waals surface area (Å²) in [6, 6.07) is -4.83. The Hall–Kier alpha value is -3.22. The molecule has 0 aromatic rings. The predicted molar refractivity (Wildman–Crippen MR) is 105 cm³/mol. The molecule has 1 fully saturated rings. The van der Waals surface area contributed by atoms with Crippen LogP contribution >= 0.6 is 0 Å². The summed E-state index contributed by atoms with van der Waals surface area (Å²) in [5.41, 5.74) is 4.95.